The standard InChI is InChI=1S/C12H11Br2N3O/c1-2-17-7-11(6-15-17)16-12(18)8-3-9(13)5-10(14)4-8/h3-7H,2H2,1H3,(H,16,18). The average Bonchev–Trinajstić information content (AvgIpc) is 2.75. The van der Waals surface area contributed by atoms with Gasteiger partial charge in [0, 0.05) is 27.3 Å². The molecule has 6 heteroatoms. The first-order valence-electron chi connectivity index (χ1n) is 5.38. The van der Waals surface area contributed by atoms with Crippen LogP contribution < -0.4 is 5.32 Å². The quantitative estimate of drug-likeness (QED) is 0.893. The van der Waals surface area contributed by atoms with E-state index in [-0.39, 0.29) is 5.91 Å². The number of amides is 1. The summed E-state index contributed by atoms with van der Waals surface area (Å²) in [7, 11) is 0. The van der Waals surface area contributed by atoms with E-state index >= 15 is 0 Å². The Bertz CT molecular complexity index is 560. The lowest BCUT2D eigenvalue weighted by atomic mass is 10.2. The Hall–Kier alpha value is -1.14. The van der Waals surface area contributed by atoms with Gasteiger partial charge in [0.2, 0.25) is 0 Å². The Balaban J connectivity index is 2.16. The van der Waals surface area contributed by atoms with E-state index in [1.807, 2.05) is 13.0 Å². The molecule has 94 valence electrons. The zero-order valence-corrected chi connectivity index (χ0v) is 12.8. The monoisotopic (exact) mass is 371 g/mol. The molecule has 2 aromatic rings. The average molecular weight is 373 g/mol. The van der Waals surface area contributed by atoms with Crippen molar-refractivity contribution in [3.8, 4) is 0 Å². The zero-order valence-electron chi connectivity index (χ0n) is 9.65. The summed E-state index contributed by atoms with van der Waals surface area (Å²) in [5, 5.41) is 6.90. The van der Waals surface area contributed by atoms with Gasteiger partial charge in [-0.05, 0) is 25.1 Å². The molecular weight excluding hydrogens is 362 g/mol. The van der Waals surface area contributed by atoms with Crippen LogP contribution in [0, 0.1) is 0 Å². The molecule has 4 nitrogen and oxygen atoms in total. The van der Waals surface area contributed by atoms with Crippen molar-refractivity contribution >= 4 is 43.5 Å². The summed E-state index contributed by atoms with van der Waals surface area (Å²) in [6.45, 7) is 2.77. The van der Waals surface area contributed by atoms with Gasteiger partial charge in [0.15, 0.2) is 0 Å². The number of hydrogen-bond donors (Lipinski definition) is 1. The van der Waals surface area contributed by atoms with E-state index in [2.05, 4.69) is 42.3 Å². The third kappa shape index (κ3) is 3.20. The zero-order chi connectivity index (χ0) is 13.1. The molecule has 0 aliphatic heterocycles. The van der Waals surface area contributed by atoms with Crippen molar-refractivity contribution in [2.75, 3.05) is 5.32 Å². The molecule has 1 aromatic heterocycles. The maximum atomic E-state index is 12.0. The molecule has 1 N–H and O–H groups in total. The van der Waals surface area contributed by atoms with Crippen LogP contribution in [0.4, 0.5) is 5.69 Å². The van der Waals surface area contributed by atoms with Gasteiger partial charge in [-0.1, -0.05) is 31.9 Å². The number of carbonyl (C=O) groups excluding carboxylic acids is 1. The number of aryl methyl sites for hydroxylation is 1. The number of hydrogen-bond acceptors (Lipinski definition) is 2. The predicted octanol–water partition coefficient (Wildman–Crippen LogP) is 3.68. The van der Waals surface area contributed by atoms with Gasteiger partial charge in [-0.15, -0.1) is 0 Å². The molecule has 0 fully saturated rings. The summed E-state index contributed by atoms with van der Waals surface area (Å²) < 4.78 is 3.46. The van der Waals surface area contributed by atoms with Crippen molar-refractivity contribution in [1.29, 1.82) is 0 Å². The third-order valence-electron chi connectivity index (χ3n) is 2.34. The third-order valence-corrected chi connectivity index (χ3v) is 3.26. The highest BCUT2D eigenvalue weighted by atomic mass is 79.9. The van der Waals surface area contributed by atoms with Gasteiger partial charge in [-0.2, -0.15) is 5.10 Å². The summed E-state index contributed by atoms with van der Waals surface area (Å²) in [5.41, 5.74) is 1.28. The fourth-order valence-corrected chi connectivity index (χ4v) is 2.78. The summed E-state index contributed by atoms with van der Waals surface area (Å²) in [6.07, 6.45) is 3.43. The first-order chi connectivity index (χ1) is 8.58. The van der Waals surface area contributed by atoms with E-state index < -0.39 is 0 Å². The minimum Gasteiger partial charge on any atom is -0.319 e. The molecule has 0 unspecified atom stereocenters. The van der Waals surface area contributed by atoms with E-state index in [1.165, 1.54) is 0 Å². The van der Waals surface area contributed by atoms with E-state index in [0.717, 1.165) is 15.5 Å². The van der Waals surface area contributed by atoms with E-state index in [9.17, 15) is 4.79 Å². The number of carbonyl (C=O) groups is 1. The maximum absolute atomic E-state index is 12.0. The SMILES string of the molecule is CCn1cc(NC(=O)c2cc(Br)cc(Br)c2)cn1. The summed E-state index contributed by atoms with van der Waals surface area (Å²) in [6, 6.07) is 5.42. The lowest BCUT2D eigenvalue weighted by molar-refractivity contribution is 0.102. The lowest BCUT2D eigenvalue weighted by Crippen LogP contribution is -2.11. The number of nitrogens with zero attached hydrogens (tertiary/aromatic N) is 2. The minimum absolute atomic E-state index is 0.160. The lowest BCUT2D eigenvalue weighted by Gasteiger charge is -2.04. The first kappa shape index (κ1) is 13.3. The van der Waals surface area contributed by atoms with Crippen molar-refractivity contribution in [3.05, 3.63) is 45.1 Å². The van der Waals surface area contributed by atoms with Gasteiger partial charge < -0.3 is 5.32 Å². The number of benzene rings is 1. The Morgan fingerprint density at radius 2 is 2.00 bits per heavy atom. The van der Waals surface area contributed by atoms with E-state index in [4.69, 9.17) is 0 Å². The second-order valence-electron chi connectivity index (χ2n) is 3.70. The molecule has 0 aliphatic rings. The number of nitrogens with one attached hydrogen (secondary N) is 1. The van der Waals surface area contributed by atoms with Crippen LogP contribution in [0.15, 0.2) is 39.5 Å². The van der Waals surface area contributed by atoms with Crippen LogP contribution in [-0.4, -0.2) is 15.7 Å². The Labute approximate surface area is 122 Å². The second kappa shape index (κ2) is 5.67. The Morgan fingerprint density at radius 3 is 2.56 bits per heavy atom. The topological polar surface area (TPSA) is 46.9 Å². The summed E-state index contributed by atoms with van der Waals surface area (Å²) in [5.74, 6) is -0.160. The van der Waals surface area contributed by atoms with Gasteiger partial charge in [-0.3, -0.25) is 9.48 Å². The molecule has 1 amide bonds. The van der Waals surface area contributed by atoms with Crippen molar-refractivity contribution in [1.82, 2.24) is 9.78 Å². The van der Waals surface area contributed by atoms with Crippen molar-refractivity contribution < 1.29 is 4.79 Å². The predicted molar refractivity (Wildman–Crippen MR) is 77.7 cm³/mol. The van der Waals surface area contributed by atoms with Crippen LogP contribution in [0.2, 0.25) is 0 Å². The van der Waals surface area contributed by atoms with Crippen LogP contribution in [0.3, 0.4) is 0 Å². The molecule has 18 heavy (non-hydrogen) atoms. The molecular formula is C12H11Br2N3O. The number of rotatable bonds is 3. The maximum Gasteiger partial charge on any atom is 0.255 e. The van der Waals surface area contributed by atoms with E-state index in [1.54, 1.807) is 29.2 Å². The second-order valence-corrected chi connectivity index (χ2v) is 5.53. The molecule has 1 aromatic carbocycles. The fraction of sp³-hybridized carbons (Fsp3) is 0.167. The van der Waals surface area contributed by atoms with Gasteiger partial charge in [0.1, 0.15) is 0 Å². The van der Waals surface area contributed by atoms with Gasteiger partial charge in [-0.25, -0.2) is 0 Å². The molecule has 0 radical (unpaired) electrons. The molecule has 0 atom stereocenters. The first-order valence-corrected chi connectivity index (χ1v) is 6.97. The molecule has 0 spiro atoms. The highest BCUT2D eigenvalue weighted by Crippen LogP contribution is 2.20. The molecule has 2 rings (SSSR count). The van der Waals surface area contributed by atoms with Gasteiger partial charge in [0.25, 0.3) is 5.91 Å². The van der Waals surface area contributed by atoms with Gasteiger partial charge >= 0.3 is 0 Å². The van der Waals surface area contributed by atoms with Crippen molar-refractivity contribution in [2.45, 2.75) is 13.5 Å². The molecule has 0 bridgehead atoms. The van der Waals surface area contributed by atoms with Crippen molar-refractivity contribution in [3.63, 3.8) is 0 Å². The Morgan fingerprint density at radius 1 is 1.33 bits per heavy atom. The molecule has 1 heterocycles. The molecule has 0 aliphatic carbocycles. The smallest absolute Gasteiger partial charge is 0.255 e. The van der Waals surface area contributed by atoms with Crippen LogP contribution in [-0.2, 0) is 6.54 Å². The highest BCUT2D eigenvalue weighted by molar-refractivity contribution is 9.11. The van der Waals surface area contributed by atoms with Crippen LogP contribution in [0.1, 0.15) is 17.3 Å². The van der Waals surface area contributed by atoms with Crippen molar-refractivity contribution in [2.24, 2.45) is 0 Å². The van der Waals surface area contributed by atoms with Crippen LogP contribution in [0.5, 0.6) is 0 Å². The number of anilines is 1. The van der Waals surface area contributed by atoms with Gasteiger partial charge in [0.05, 0.1) is 11.9 Å². The van der Waals surface area contributed by atoms with Crippen LogP contribution >= 0.6 is 31.9 Å². The molecule has 0 saturated heterocycles. The Kier molecular flexibility index (Phi) is 4.19. The van der Waals surface area contributed by atoms with E-state index in [0.29, 0.717) is 11.3 Å². The van der Waals surface area contributed by atoms with Crippen LogP contribution in [0.25, 0.3) is 0 Å². The summed E-state index contributed by atoms with van der Waals surface area (Å²) in [4.78, 5) is 12.0. The summed E-state index contributed by atoms with van der Waals surface area (Å²) >= 11 is 6.71. The largest absolute Gasteiger partial charge is 0.319 e. The normalized spacial score (nSPS) is 10.4. The fourth-order valence-electron chi connectivity index (χ4n) is 1.49. The highest BCUT2D eigenvalue weighted by Gasteiger charge is 2.09. The molecule has 0 saturated carbocycles. The minimum atomic E-state index is -0.160. The number of halogens is 2. The number of aromatic nitrogens is 2.